The Morgan fingerprint density at radius 2 is 1.95 bits per heavy atom. The number of fused-ring (bicyclic) bond motifs is 2. The molecule has 0 aliphatic carbocycles. The molecule has 0 bridgehead atoms. The van der Waals surface area contributed by atoms with Gasteiger partial charge in [-0.1, -0.05) is 41.7 Å². The molecule has 5 rings (SSSR count). The Morgan fingerprint density at radius 1 is 1.16 bits per heavy atom. The van der Waals surface area contributed by atoms with Gasteiger partial charge < -0.3 is 18.6 Å². The molecule has 2 aromatic heterocycles. The fraction of sp³-hybridized carbons (Fsp3) is 0.214. The monoisotopic (exact) mass is 532 g/mol. The smallest absolute Gasteiger partial charge is 0.350 e. The van der Waals surface area contributed by atoms with Crippen molar-refractivity contribution in [1.29, 1.82) is 0 Å². The van der Waals surface area contributed by atoms with Crippen molar-refractivity contribution < 1.29 is 28.2 Å². The van der Waals surface area contributed by atoms with Gasteiger partial charge in [0.25, 0.3) is 5.91 Å². The zero-order valence-electron chi connectivity index (χ0n) is 21.2. The minimum absolute atomic E-state index is 0.0743. The lowest BCUT2D eigenvalue weighted by molar-refractivity contribution is 0.0605. The van der Waals surface area contributed by atoms with Crippen molar-refractivity contribution >= 4 is 39.3 Å². The number of esters is 1. The van der Waals surface area contributed by atoms with Crippen LogP contribution >= 0.6 is 11.3 Å². The quantitative estimate of drug-likeness (QED) is 0.242. The average molecular weight is 533 g/mol. The number of ether oxygens (including phenoxy) is 3. The normalized spacial score (nSPS) is 14.5. The Bertz CT molecular complexity index is 1670. The van der Waals surface area contributed by atoms with E-state index in [4.69, 9.17) is 18.6 Å². The molecule has 0 radical (unpaired) electrons. The van der Waals surface area contributed by atoms with Crippen LogP contribution in [0.1, 0.15) is 48.7 Å². The highest BCUT2D eigenvalue weighted by molar-refractivity contribution is 7.17. The van der Waals surface area contributed by atoms with E-state index in [1.807, 2.05) is 13.0 Å². The van der Waals surface area contributed by atoms with Crippen LogP contribution in [0.2, 0.25) is 0 Å². The number of anilines is 1. The van der Waals surface area contributed by atoms with Gasteiger partial charge in [0.2, 0.25) is 5.76 Å². The molecule has 4 aromatic rings. The standard InChI is InChI=1S/C28H24N2O7S/c1-6-11-36-19-10-8-16(13-20(19)34-4)22-21-23(31)17-12-14(2)7-9-18(17)37-24(21)26(32)30(22)28-29-15(3)25(38-28)27(33)35-5/h6-10,12-13,22H,1,11H2,2-5H3. The zero-order chi connectivity index (χ0) is 27.1. The highest BCUT2D eigenvalue weighted by atomic mass is 32.1. The second-order valence-corrected chi connectivity index (χ2v) is 9.64. The van der Waals surface area contributed by atoms with Crippen molar-refractivity contribution in [2.24, 2.45) is 0 Å². The van der Waals surface area contributed by atoms with Crippen molar-refractivity contribution in [3.63, 3.8) is 0 Å². The van der Waals surface area contributed by atoms with Crippen LogP contribution in [0.3, 0.4) is 0 Å². The van der Waals surface area contributed by atoms with Gasteiger partial charge in [0, 0.05) is 0 Å². The van der Waals surface area contributed by atoms with Gasteiger partial charge in [-0.2, -0.15) is 0 Å². The highest BCUT2D eigenvalue weighted by Crippen LogP contribution is 2.44. The van der Waals surface area contributed by atoms with Gasteiger partial charge in [-0.3, -0.25) is 14.5 Å². The summed E-state index contributed by atoms with van der Waals surface area (Å²) in [6, 6.07) is 9.50. The lowest BCUT2D eigenvalue weighted by atomic mass is 9.98. The Hall–Kier alpha value is -4.44. The number of carbonyl (C=O) groups excluding carboxylic acids is 2. The van der Waals surface area contributed by atoms with E-state index in [0.717, 1.165) is 16.9 Å². The first-order chi connectivity index (χ1) is 18.3. The molecule has 0 spiro atoms. The van der Waals surface area contributed by atoms with Crippen LogP contribution in [0.5, 0.6) is 11.5 Å². The van der Waals surface area contributed by atoms with Crippen molar-refractivity contribution in [3.8, 4) is 11.5 Å². The van der Waals surface area contributed by atoms with Crippen LogP contribution < -0.4 is 19.8 Å². The number of aromatic nitrogens is 1. The number of carbonyl (C=O) groups is 2. The molecule has 1 amide bonds. The number of nitrogens with zero attached hydrogens (tertiary/aromatic N) is 2. The number of amides is 1. The van der Waals surface area contributed by atoms with Gasteiger partial charge in [0.15, 0.2) is 22.1 Å². The largest absolute Gasteiger partial charge is 0.493 e. The Morgan fingerprint density at radius 3 is 2.66 bits per heavy atom. The molecule has 0 saturated carbocycles. The van der Waals surface area contributed by atoms with Crippen molar-refractivity contribution in [3.05, 3.63) is 92.3 Å². The summed E-state index contributed by atoms with van der Waals surface area (Å²) in [5.41, 5.74) is 2.04. The Kier molecular flexibility index (Phi) is 6.50. The molecule has 38 heavy (non-hydrogen) atoms. The summed E-state index contributed by atoms with van der Waals surface area (Å²) in [5, 5.41) is 0.599. The third-order valence-electron chi connectivity index (χ3n) is 6.25. The highest BCUT2D eigenvalue weighted by Gasteiger charge is 2.45. The van der Waals surface area contributed by atoms with Gasteiger partial charge in [0.05, 0.1) is 36.9 Å². The SMILES string of the molecule is C=CCOc1ccc(C2c3c(oc4ccc(C)cc4c3=O)C(=O)N2c2nc(C)c(C(=O)OC)s2)cc1OC. The summed E-state index contributed by atoms with van der Waals surface area (Å²) in [7, 11) is 2.78. The summed E-state index contributed by atoms with van der Waals surface area (Å²) in [5.74, 6) is -0.286. The van der Waals surface area contributed by atoms with Crippen LogP contribution in [-0.2, 0) is 4.74 Å². The molecule has 1 aliphatic rings. The van der Waals surface area contributed by atoms with Crippen LogP contribution in [-0.4, -0.2) is 37.7 Å². The molecule has 194 valence electrons. The van der Waals surface area contributed by atoms with Crippen LogP contribution in [0.15, 0.2) is 58.3 Å². The third-order valence-corrected chi connectivity index (χ3v) is 7.38. The first-order valence-electron chi connectivity index (χ1n) is 11.7. The van der Waals surface area contributed by atoms with Crippen molar-refractivity contribution in [2.75, 3.05) is 25.7 Å². The zero-order valence-corrected chi connectivity index (χ0v) is 22.0. The topological polar surface area (TPSA) is 108 Å². The Balaban J connectivity index is 1.76. The second-order valence-electron chi connectivity index (χ2n) is 8.66. The van der Waals surface area contributed by atoms with E-state index in [9.17, 15) is 14.4 Å². The van der Waals surface area contributed by atoms with Gasteiger partial charge >= 0.3 is 5.97 Å². The molecule has 2 aromatic carbocycles. The molecular weight excluding hydrogens is 508 g/mol. The van der Waals surface area contributed by atoms with E-state index in [1.54, 1.807) is 43.3 Å². The van der Waals surface area contributed by atoms with Gasteiger partial charge in [0.1, 0.15) is 17.1 Å². The molecular formula is C28H24N2O7S. The van der Waals surface area contributed by atoms with E-state index in [1.165, 1.54) is 19.1 Å². The second kappa shape index (κ2) is 9.79. The lowest BCUT2D eigenvalue weighted by Gasteiger charge is -2.23. The van der Waals surface area contributed by atoms with Gasteiger partial charge in [-0.05, 0) is 43.7 Å². The molecule has 1 aliphatic heterocycles. The minimum Gasteiger partial charge on any atom is -0.493 e. The number of hydrogen-bond acceptors (Lipinski definition) is 9. The van der Waals surface area contributed by atoms with Crippen LogP contribution in [0.4, 0.5) is 5.13 Å². The lowest BCUT2D eigenvalue weighted by Crippen LogP contribution is -2.29. The maximum absolute atomic E-state index is 13.9. The number of hydrogen-bond donors (Lipinski definition) is 0. The fourth-order valence-corrected chi connectivity index (χ4v) is 5.50. The van der Waals surface area contributed by atoms with E-state index < -0.39 is 17.9 Å². The predicted octanol–water partition coefficient (Wildman–Crippen LogP) is 4.98. The molecule has 9 nitrogen and oxygen atoms in total. The van der Waals surface area contributed by atoms with Crippen molar-refractivity contribution in [2.45, 2.75) is 19.9 Å². The van der Waals surface area contributed by atoms with Gasteiger partial charge in [-0.15, -0.1) is 0 Å². The first kappa shape index (κ1) is 25.2. The summed E-state index contributed by atoms with van der Waals surface area (Å²) in [6.07, 6.45) is 1.61. The van der Waals surface area contributed by atoms with E-state index in [0.29, 0.717) is 33.7 Å². The average Bonchev–Trinajstić information content (AvgIpc) is 3.44. The number of benzene rings is 2. The summed E-state index contributed by atoms with van der Waals surface area (Å²) >= 11 is 1.01. The molecule has 0 N–H and O–H groups in total. The van der Waals surface area contributed by atoms with Crippen molar-refractivity contribution in [1.82, 2.24) is 4.98 Å². The first-order valence-corrected chi connectivity index (χ1v) is 12.5. The van der Waals surface area contributed by atoms with Gasteiger partial charge in [-0.25, -0.2) is 9.78 Å². The fourth-order valence-electron chi connectivity index (χ4n) is 4.49. The molecule has 10 heteroatoms. The maximum atomic E-state index is 13.9. The molecule has 3 heterocycles. The summed E-state index contributed by atoms with van der Waals surface area (Å²) < 4.78 is 22.1. The molecule has 1 atom stereocenters. The van der Waals surface area contributed by atoms with E-state index >= 15 is 0 Å². The maximum Gasteiger partial charge on any atom is 0.350 e. The predicted molar refractivity (Wildman–Crippen MR) is 143 cm³/mol. The number of aryl methyl sites for hydroxylation is 2. The number of methoxy groups -OCH3 is 2. The molecule has 1 unspecified atom stereocenters. The van der Waals surface area contributed by atoms with Crippen LogP contribution in [0.25, 0.3) is 11.0 Å². The minimum atomic E-state index is -0.892. The summed E-state index contributed by atoms with van der Waals surface area (Å²) in [4.78, 5) is 46.2. The number of thiazole rings is 1. The summed E-state index contributed by atoms with van der Waals surface area (Å²) in [6.45, 7) is 7.47. The van der Waals surface area contributed by atoms with E-state index in [-0.39, 0.29) is 33.4 Å². The molecule has 0 saturated heterocycles. The number of rotatable bonds is 7. The molecule has 0 fully saturated rings. The van der Waals surface area contributed by atoms with E-state index in [2.05, 4.69) is 11.6 Å². The van der Waals surface area contributed by atoms with Crippen LogP contribution in [0, 0.1) is 13.8 Å². The Labute approximate surface area is 221 Å². The third kappa shape index (κ3) is 4.03.